The van der Waals surface area contributed by atoms with Gasteiger partial charge in [0.15, 0.2) is 5.78 Å². The van der Waals surface area contributed by atoms with Gasteiger partial charge in [-0.15, -0.1) is 0 Å². The van der Waals surface area contributed by atoms with Gasteiger partial charge in [0.2, 0.25) is 0 Å². The van der Waals surface area contributed by atoms with Gasteiger partial charge in [-0.05, 0) is 30.6 Å². The van der Waals surface area contributed by atoms with E-state index in [1.54, 1.807) is 11.8 Å². The van der Waals surface area contributed by atoms with E-state index in [0.717, 1.165) is 17.6 Å². The van der Waals surface area contributed by atoms with E-state index in [2.05, 4.69) is 39.2 Å². The zero-order valence-corrected chi connectivity index (χ0v) is 11.8. The van der Waals surface area contributed by atoms with E-state index in [-0.39, 0.29) is 5.41 Å². The summed E-state index contributed by atoms with van der Waals surface area (Å²) >= 11 is 1.76. The average molecular weight is 238 g/mol. The molecule has 0 saturated heterocycles. The second kappa shape index (κ2) is 5.22. The summed E-state index contributed by atoms with van der Waals surface area (Å²) in [5.74, 6) is 0.328. The summed E-state index contributed by atoms with van der Waals surface area (Å²) in [4.78, 5) is 12.3. The van der Waals surface area contributed by atoms with Gasteiger partial charge in [-0.3, -0.25) is 4.79 Å². The smallest absolute Gasteiger partial charge is 0.160 e. The van der Waals surface area contributed by atoms with E-state index >= 15 is 0 Å². The molecule has 16 heavy (non-hydrogen) atoms. The molecule has 2 heteroatoms. The maximum absolute atomic E-state index is 12.3. The zero-order chi connectivity index (χ0) is 12.3. The number of ketones is 1. The molecule has 0 aliphatic heterocycles. The monoisotopic (exact) mass is 238 g/mol. The number of carbonyl (C=O) groups is 1. The van der Waals surface area contributed by atoms with Gasteiger partial charge in [-0.25, -0.2) is 0 Å². The van der Waals surface area contributed by atoms with Crippen LogP contribution in [-0.2, 0) is 4.79 Å². The Morgan fingerprint density at radius 3 is 2.69 bits per heavy atom. The van der Waals surface area contributed by atoms with Crippen molar-refractivity contribution in [2.24, 2.45) is 5.41 Å². The Morgan fingerprint density at radius 1 is 1.56 bits per heavy atom. The topological polar surface area (TPSA) is 17.1 Å². The second-order valence-corrected chi connectivity index (χ2v) is 6.50. The highest BCUT2D eigenvalue weighted by molar-refractivity contribution is 7.99. The normalized spacial score (nSPS) is 21.1. The van der Waals surface area contributed by atoms with Gasteiger partial charge in [-0.2, -0.15) is 11.8 Å². The van der Waals surface area contributed by atoms with Crippen molar-refractivity contribution in [3.05, 3.63) is 23.3 Å². The van der Waals surface area contributed by atoms with E-state index in [0.29, 0.717) is 17.5 Å². The van der Waals surface area contributed by atoms with E-state index in [1.165, 1.54) is 0 Å². The van der Waals surface area contributed by atoms with Crippen molar-refractivity contribution in [1.29, 1.82) is 0 Å². The highest BCUT2D eigenvalue weighted by atomic mass is 32.2. The van der Waals surface area contributed by atoms with Crippen LogP contribution in [0.5, 0.6) is 0 Å². The molecule has 0 radical (unpaired) electrons. The number of allylic oxidation sites excluding steroid dienone is 4. The Morgan fingerprint density at radius 2 is 2.19 bits per heavy atom. The first-order valence-electron chi connectivity index (χ1n) is 5.82. The van der Waals surface area contributed by atoms with Crippen LogP contribution in [0.1, 0.15) is 40.5 Å². The molecule has 0 fully saturated rings. The molecule has 0 aromatic heterocycles. The first-order valence-corrected chi connectivity index (χ1v) is 7.11. The molecule has 0 amide bonds. The Bertz CT molecular complexity index is 337. The minimum absolute atomic E-state index is 0.00798. The largest absolute Gasteiger partial charge is 0.294 e. The van der Waals surface area contributed by atoms with Gasteiger partial charge in [0.05, 0.1) is 0 Å². The molecular weight excluding hydrogens is 216 g/mol. The first kappa shape index (κ1) is 13.6. The molecule has 0 aromatic rings. The number of hydrogen-bond donors (Lipinski definition) is 0. The molecule has 1 aliphatic rings. The van der Waals surface area contributed by atoms with Crippen LogP contribution < -0.4 is 0 Å². The highest BCUT2D eigenvalue weighted by Crippen LogP contribution is 2.38. The van der Waals surface area contributed by atoms with Gasteiger partial charge >= 0.3 is 0 Å². The minimum atomic E-state index is 0.00798. The summed E-state index contributed by atoms with van der Waals surface area (Å²) in [6.45, 7) is 8.49. The van der Waals surface area contributed by atoms with Crippen molar-refractivity contribution in [3.63, 3.8) is 0 Å². The summed E-state index contributed by atoms with van der Waals surface area (Å²) in [5.41, 5.74) is 2.19. The Balaban J connectivity index is 2.92. The number of Topliss-reactive ketones (excluding diaryl/α,β-unsaturated/α-hetero) is 1. The molecule has 1 unspecified atom stereocenters. The maximum Gasteiger partial charge on any atom is 0.160 e. The molecule has 0 saturated carbocycles. The van der Waals surface area contributed by atoms with Crippen molar-refractivity contribution < 1.29 is 4.79 Å². The van der Waals surface area contributed by atoms with Gasteiger partial charge in [-0.1, -0.05) is 32.9 Å². The summed E-state index contributed by atoms with van der Waals surface area (Å²) in [6, 6.07) is 0. The molecule has 0 aromatic carbocycles. The predicted octanol–water partition coefficient (Wildman–Crippen LogP) is 4.00. The third-order valence-corrected chi connectivity index (χ3v) is 4.19. The van der Waals surface area contributed by atoms with Crippen LogP contribution in [0.15, 0.2) is 23.3 Å². The standard InChI is InChI=1S/C14H22OS/c1-10-7-6-8-14(3,4)13(10)12(15)9-11(2)16-5/h6-7,11H,8-9H2,1-5H3. The maximum atomic E-state index is 12.3. The quantitative estimate of drug-likeness (QED) is 0.736. The molecule has 1 aliphatic carbocycles. The molecule has 0 bridgehead atoms. The molecule has 1 rings (SSSR count). The number of thioether (sulfide) groups is 1. The fourth-order valence-electron chi connectivity index (χ4n) is 2.29. The summed E-state index contributed by atoms with van der Waals surface area (Å²) in [5, 5.41) is 0.412. The lowest BCUT2D eigenvalue weighted by Gasteiger charge is -2.31. The van der Waals surface area contributed by atoms with Crippen molar-refractivity contribution in [2.45, 2.75) is 45.8 Å². The molecule has 90 valence electrons. The Hall–Kier alpha value is -0.500. The minimum Gasteiger partial charge on any atom is -0.294 e. The van der Waals surface area contributed by atoms with Crippen molar-refractivity contribution in [2.75, 3.05) is 6.26 Å². The lowest BCUT2D eigenvalue weighted by atomic mass is 9.73. The second-order valence-electron chi connectivity index (χ2n) is 5.22. The molecule has 0 N–H and O–H groups in total. The Labute approximate surface area is 103 Å². The third-order valence-electron chi connectivity index (χ3n) is 3.22. The fourth-order valence-corrected chi connectivity index (χ4v) is 2.61. The SMILES string of the molecule is CSC(C)CC(=O)C1=C(C)C=CCC1(C)C. The molecular formula is C14H22OS. The predicted molar refractivity (Wildman–Crippen MR) is 72.8 cm³/mol. The number of hydrogen-bond acceptors (Lipinski definition) is 2. The fraction of sp³-hybridized carbons (Fsp3) is 0.643. The van der Waals surface area contributed by atoms with Crippen LogP contribution in [0, 0.1) is 5.41 Å². The van der Waals surface area contributed by atoms with Crippen molar-refractivity contribution in [1.82, 2.24) is 0 Å². The van der Waals surface area contributed by atoms with Crippen LogP contribution in [-0.4, -0.2) is 17.3 Å². The number of rotatable bonds is 4. The third kappa shape index (κ3) is 3.00. The van der Waals surface area contributed by atoms with E-state index < -0.39 is 0 Å². The van der Waals surface area contributed by atoms with Gasteiger partial charge in [0, 0.05) is 17.2 Å². The molecule has 1 atom stereocenters. The Kier molecular flexibility index (Phi) is 4.43. The van der Waals surface area contributed by atoms with Crippen LogP contribution >= 0.6 is 11.8 Å². The molecule has 0 heterocycles. The van der Waals surface area contributed by atoms with Crippen molar-refractivity contribution >= 4 is 17.5 Å². The molecule has 1 nitrogen and oxygen atoms in total. The lowest BCUT2D eigenvalue weighted by molar-refractivity contribution is -0.116. The zero-order valence-electron chi connectivity index (χ0n) is 11.0. The van der Waals surface area contributed by atoms with Crippen LogP contribution in [0.2, 0.25) is 0 Å². The van der Waals surface area contributed by atoms with Gasteiger partial charge < -0.3 is 0 Å². The van der Waals surface area contributed by atoms with E-state index in [4.69, 9.17) is 0 Å². The lowest BCUT2D eigenvalue weighted by Crippen LogP contribution is -2.25. The van der Waals surface area contributed by atoms with Gasteiger partial charge in [0.1, 0.15) is 0 Å². The number of carbonyl (C=O) groups excluding carboxylic acids is 1. The summed E-state index contributed by atoms with van der Waals surface area (Å²) in [7, 11) is 0. The summed E-state index contributed by atoms with van der Waals surface area (Å²) < 4.78 is 0. The van der Waals surface area contributed by atoms with Crippen LogP contribution in [0.3, 0.4) is 0 Å². The van der Waals surface area contributed by atoms with Crippen LogP contribution in [0.25, 0.3) is 0 Å². The van der Waals surface area contributed by atoms with Crippen LogP contribution in [0.4, 0.5) is 0 Å². The summed E-state index contributed by atoms with van der Waals surface area (Å²) in [6.07, 6.45) is 7.95. The molecule has 0 spiro atoms. The van der Waals surface area contributed by atoms with Crippen molar-refractivity contribution in [3.8, 4) is 0 Å². The highest BCUT2D eigenvalue weighted by Gasteiger charge is 2.31. The first-order chi connectivity index (χ1) is 7.38. The average Bonchev–Trinajstić information content (AvgIpc) is 2.15. The van der Waals surface area contributed by atoms with Gasteiger partial charge in [0.25, 0.3) is 0 Å². The van der Waals surface area contributed by atoms with E-state index in [9.17, 15) is 4.79 Å². The van der Waals surface area contributed by atoms with E-state index in [1.807, 2.05) is 6.92 Å².